The number of alkyl carbamates (subject to hydrolysis) is 1. The van der Waals surface area contributed by atoms with Gasteiger partial charge in [-0.1, -0.05) is 107 Å². The van der Waals surface area contributed by atoms with Crippen LogP contribution in [0.25, 0.3) is 44.4 Å². The van der Waals surface area contributed by atoms with Crippen LogP contribution in [-0.4, -0.2) is 111 Å². The van der Waals surface area contributed by atoms with Gasteiger partial charge in [-0.3, -0.25) is 14.5 Å². The molecule has 3 aliphatic heterocycles. The lowest BCUT2D eigenvalue weighted by atomic mass is 9.98. The van der Waals surface area contributed by atoms with E-state index in [-0.39, 0.29) is 36.4 Å². The third kappa shape index (κ3) is 8.77. The molecule has 65 heavy (non-hydrogen) atoms. The maximum atomic E-state index is 14.3. The number of ether oxygens (including phenoxy) is 3. The molecule has 2 aromatic heterocycles. The zero-order valence-corrected chi connectivity index (χ0v) is 37.8. The van der Waals surface area contributed by atoms with Crippen molar-refractivity contribution in [2.24, 2.45) is 5.92 Å². The molecule has 0 aliphatic carbocycles. The van der Waals surface area contributed by atoms with E-state index in [1.54, 1.807) is 11.1 Å². The van der Waals surface area contributed by atoms with Gasteiger partial charge in [0.25, 0.3) is 0 Å². The van der Waals surface area contributed by atoms with Gasteiger partial charge in [-0.05, 0) is 77.0 Å². The number of amides is 3. The normalized spacial score (nSPS) is 19.1. The third-order valence-electron chi connectivity index (χ3n) is 13.3. The molecule has 3 fully saturated rings. The van der Waals surface area contributed by atoms with Crippen molar-refractivity contribution >= 4 is 28.7 Å². The van der Waals surface area contributed by atoms with Crippen molar-refractivity contribution in [2.45, 2.75) is 76.9 Å². The molecule has 3 N–H and O–H groups in total. The molecule has 4 atom stereocenters. The monoisotopic (exact) mass is 878 g/mol. The highest BCUT2D eigenvalue weighted by Gasteiger charge is 2.53. The van der Waals surface area contributed by atoms with E-state index < -0.39 is 24.0 Å². The lowest BCUT2D eigenvalue weighted by molar-refractivity contribution is -0.153. The van der Waals surface area contributed by atoms with Crippen molar-refractivity contribution in [3.8, 4) is 33.6 Å². The molecule has 0 radical (unpaired) electrons. The van der Waals surface area contributed by atoms with E-state index in [4.69, 9.17) is 24.2 Å². The van der Waals surface area contributed by atoms with Crippen LogP contribution in [0.4, 0.5) is 4.79 Å². The van der Waals surface area contributed by atoms with E-state index in [1.165, 1.54) is 7.11 Å². The quantitative estimate of drug-likeness (QED) is 0.104. The van der Waals surface area contributed by atoms with Crippen LogP contribution in [0, 0.1) is 5.92 Å². The Hall–Kier alpha value is -6.35. The molecule has 1 spiro atoms. The zero-order valence-electron chi connectivity index (χ0n) is 37.8. The summed E-state index contributed by atoms with van der Waals surface area (Å²) in [6.45, 7) is 11.4. The molecule has 5 heterocycles. The Balaban J connectivity index is 0.893. The van der Waals surface area contributed by atoms with Gasteiger partial charge >= 0.3 is 6.09 Å². The van der Waals surface area contributed by atoms with Crippen molar-refractivity contribution in [3.63, 3.8) is 0 Å². The number of nitrogens with zero attached hydrogens (tertiary/aromatic N) is 5. The molecule has 14 nitrogen and oxygen atoms in total. The van der Waals surface area contributed by atoms with Crippen LogP contribution in [0.1, 0.15) is 82.3 Å². The Morgan fingerprint density at radius 1 is 0.785 bits per heavy atom. The average molecular weight is 879 g/mol. The number of hydrogen-bond donors (Lipinski definition) is 3. The molecule has 6 aromatic rings. The molecule has 0 saturated carbocycles. The number of fused-ring (bicyclic) bond motifs is 1. The summed E-state index contributed by atoms with van der Waals surface area (Å²) in [5.74, 6) is 0.211. The van der Waals surface area contributed by atoms with E-state index in [2.05, 4.69) is 107 Å². The molecule has 3 saturated heterocycles. The summed E-state index contributed by atoms with van der Waals surface area (Å²) in [5, 5.41) is 4.94. The van der Waals surface area contributed by atoms with Gasteiger partial charge in [0.2, 0.25) is 11.8 Å². The topological polar surface area (TPSA) is 158 Å². The molecule has 0 bridgehead atoms. The van der Waals surface area contributed by atoms with Gasteiger partial charge in [-0.2, -0.15) is 0 Å². The van der Waals surface area contributed by atoms with Gasteiger partial charge in [0.15, 0.2) is 5.79 Å². The minimum atomic E-state index is -0.926. The summed E-state index contributed by atoms with van der Waals surface area (Å²) in [6, 6.07) is 29.7. The second-order valence-electron chi connectivity index (χ2n) is 17.6. The second-order valence-corrected chi connectivity index (χ2v) is 17.6. The summed E-state index contributed by atoms with van der Waals surface area (Å²) in [7, 11) is 1.28. The standard InChI is InChI=1S/C51H58N8O6/c1-6-57(7-2)45(35-12-9-8-10-13-35)49(61)58-23-11-14-42(58)46-52-30-41(55-46)39-22-21-37-26-36(19-20-38(37)27-39)33-15-17-34(18-16-33)40-29-53-47(54-40)43-28-51(64-24-25-65-51)31-59(43)48(60)44(32(3)4)56-50(62)63-5/h8-10,12-13,15-22,26-27,29-30,32,42-45H,6-7,11,14,23-25,28,31H2,1-5H3,(H,52,55)(H,53,54)(H,56,62)/t42-,43-,44-,45+/m0/s1. The maximum absolute atomic E-state index is 14.3. The lowest BCUT2D eigenvalue weighted by Gasteiger charge is -2.34. The van der Waals surface area contributed by atoms with Crippen molar-refractivity contribution in [3.05, 3.63) is 121 Å². The first-order valence-corrected chi connectivity index (χ1v) is 22.9. The Bertz CT molecular complexity index is 2630. The third-order valence-corrected chi connectivity index (χ3v) is 13.3. The van der Waals surface area contributed by atoms with Gasteiger partial charge in [-0.15, -0.1) is 0 Å². The SMILES string of the molecule is CCN(CC)[C@@H](C(=O)N1CCC[C@H]1c1ncc(-c2ccc3cc(-c4ccc(-c5cnc([C@@H]6CC7(CN6C(=O)[C@@H](NC(=O)OC)C(C)C)OCCO7)[nH]5)cc4)ccc3c2)[nH]1)c1ccccc1. The van der Waals surface area contributed by atoms with E-state index >= 15 is 0 Å². The number of nitrogens with one attached hydrogen (secondary N) is 3. The number of hydrogen-bond acceptors (Lipinski definition) is 9. The van der Waals surface area contributed by atoms with Gasteiger partial charge in [0.1, 0.15) is 23.7 Å². The average Bonchev–Trinajstić information content (AvgIpc) is 4.21. The fourth-order valence-electron chi connectivity index (χ4n) is 9.85. The van der Waals surface area contributed by atoms with Crippen LogP contribution < -0.4 is 5.32 Å². The molecule has 338 valence electrons. The van der Waals surface area contributed by atoms with Crippen LogP contribution in [0.3, 0.4) is 0 Å². The number of methoxy groups -OCH3 is 1. The van der Waals surface area contributed by atoms with Crippen molar-refractivity contribution in [2.75, 3.05) is 46.5 Å². The Kier molecular flexibility index (Phi) is 12.6. The molecule has 3 amide bonds. The fraction of sp³-hybridized carbons (Fsp3) is 0.392. The Morgan fingerprint density at radius 2 is 1.38 bits per heavy atom. The maximum Gasteiger partial charge on any atom is 0.407 e. The van der Waals surface area contributed by atoms with Crippen LogP contribution in [0.5, 0.6) is 0 Å². The highest BCUT2D eigenvalue weighted by molar-refractivity contribution is 5.91. The number of carbonyl (C=O) groups excluding carboxylic acids is 3. The highest BCUT2D eigenvalue weighted by atomic mass is 16.7. The Labute approximate surface area is 379 Å². The Morgan fingerprint density at radius 3 is 2.03 bits per heavy atom. The molecular weight excluding hydrogens is 821 g/mol. The van der Waals surface area contributed by atoms with E-state index in [0.29, 0.717) is 32.0 Å². The molecule has 9 rings (SSSR count). The second kappa shape index (κ2) is 18.6. The summed E-state index contributed by atoms with van der Waals surface area (Å²) in [4.78, 5) is 63.1. The predicted octanol–water partition coefficient (Wildman–Crippen LogP) is 8.43. The van der Waals surface area contributed by atoms with Gasteiger partial charge in [0, 0.05) is 18.5 Å². The molecule has 0 unspecified atom stereocenters. The zero-order chi connectivity index (χ0) is 45.2. The number of rotatable bonds is 13. The predicted molar refractivity (Wildman–Crippen MR) is 248 cm³/mol. The molecule has 4 aromatic carbocycles. The van der Waals surface area contributed by atoms with Crippen LogP contribution in [-0.2, 0) is 23.8 Å². The summed E-state index contributed by atoms with van der Waals surface area (Å²) in [6.07, 6.45) is 5.23. The minimum Gasteiger partial charge on any atom is -0.453 e. The van der Waals surface area contributed by atoms with Crippen molar-refractivity contribution in [1.82, 2.24) is 40.0 Å². The number of likely N-dealkylation sites (N-methyl/N-ethyl adjacent to an activating group) is 1. The van der Waals surface area contributed by atoms with E-state index in [9.17, 15) is 14.4 Å². The highest BCUT2D eigenvalue weighted by Crippen LogP contribution is 2.43. The number of likely N-dealkylation sites (tertiary alicyclic amines) is 2. The molecule has 3 aliphatic rings. The number of benzene rings is 4. The van der Waals surface area contributed by atoms with Gasteiger partial charge in [-0.25, -0.2) is 14.8 Å². The smallest absolute Gasteiger partial charge is 0.407 e. The number of carbonyl (C=O) groups is 3. The number of imidazole rings is 2. The molecule has 14 heteroatoms. The largest absolute Gasteiger partial charge is 0.453 e. The van der Waals surface area contributed by atoms with E-state index in [0.717, 1.165) is 81.7 Å². The summed E-state index contributed by atoms with van der Waals surface area (Å²) < 4.78 is 16.9. The number of aromatic amines is 2. The van der Waals surface area contributed by atoms with Gasteiger partial charge in [0.05, 0.1) is 62.7 Å². The minimum absolute atomic E-state index is 0.105. The fourth-order valence-corrected chi connectivity index (χ4v) is 9.85. The van der Waals surface area contributed by atoms with Crippen molar-refractivity contribution < 1.29 is 28.6 Å². The first kappa shape index (κ1) is 43.9. The first-order chi connectivity index (χ1) is 31.6. The van der Waals surface area contributed by atoms with Crippen LogP contribution in [0.15, 0.2) is 103 Å². The van der Waals surface area contributed by atoms with Crippen molar-refractivity contribution in [1.29, 1.82) is 0 Å². The van der Waals surface area contributed by atoms with E-state index in [1.807, 2.05) is 43.1 Å². The number of aromatic nitrogens is 4. The van der Waals surface area contributed by atoms with Crippen LogP contribution in [0.2, 0.25) is 0 Å². The first-order valence-electron chi connectivity index (χ1n) is 22.9. The lowest BCUT2D eigenvalue weighted by Crippen LogP contribution is -2.52. The number of H-pyrrole nitrogens is 2. The van der Waals surface area contributed by atoms with Gasteiger partial charge < -0.3 is 39.3 Å². The summed E-state index contributed by atoms with van der Waals surface area (Å²) >= 11 is 0. The summed E-state index contributed by atoms with van der Waals surface area (Å²) in [5.41, 5.74) is 6.92. The van der Waals surface area contributed by atoms with Crippen LogP contribution >= 0.6 is 0 Å². The molecular formula is C51H58N8O6.